The van der Waals surface area contributed by atoms with Crippen LogP contribution in [-0.4, -0.2) is 11.3 Å². The van der Waals surface area contributed by atoms with Crippen LogP contribution in [0.25, 0.3) is 0 Å². The number of hydrogen-bond donors (Lipinski definition) is 2. The molecule has 0 saturated heterocycles. The predicted molar refractivity (Wildman–Crippen MR) is 38.4 cm³/mol. The van der Waals surface area contributed by atoms with Gasteiger partial charge < -0.3 is 11.5 Å². The first-order chi connectivity index (χ1) is 4.74. The molecule has 0 aliphatic carbocycles. The Bertz CT molecular complexity index is 259. The van der Waals surface area contributed by atoms with Crippen LogP contribution in [0.5, 0.6) is 0 Å². The zero-order chi connectivity index (χ0) is 7.56. The molecule has 0 atom stereocenters. The number of nitrogen functional groups attached to an aromatic ring is 2. The van der Waals surface area contributed by atoms with E-state index in [0.29, 0.717) is 17.7 Å². The number of carbonyl (C=O) groups excluding carboxylic acids is 1. The van der Waals surface area contributed by atoms with Crippen LogP contribution in [0.4, 0.5) is 11.6 Å². The van der Waals surface area contributed by atoms with E-state index in [2.05, 4.69) is 4.98 Å². The van der Waals surface area contributed by atoms with Gasteiger partial charge in [0.1, 0.15) is 11.6 Å². The van der Waals surface area contributed by atoms with Crippen LogP contribution >= 0.6 is 0 Å². The number of hydrogen-bond acceptors (Lipinski definition) is 4. The summed E-state index contributed by atoms with van der Waals surface area (Å²) in [6.45, 7) is 0. The zero-order valence-electron chi connectivity index (χ0n) is 5.24. The monoisotopic (exact) mass is 137 g/mol. The van der Waals surface area contributed by atoms with Gasteiger partial charge in [-0.15, -0.1) is 0 Å². The van der Waals surface area contributed by atoms with Gasteiger partial charge in [0.25, 0.3) is 0 Å². The number of rotatable bonds is 1. The summed E-state index contributed by atoms with van der Waals surface area (Å²) in [4.78, 5) is 13.8. The second kappa shape index (κ2) is 2.34. The molecular formula is C6H7N3O. The molecule has 0 fully saturated rings. The van der Waals surface area contributed by atoms with E-state index in [0.717, 1.165) is 0 Å². The highest BCUT2D eigenvalue weighted by Crippen LogP contribution is 2.07. The summed E-state index contributed by atoms with van der Waals surface area (Å²) < 4.78 is 0. The first kappa shape index (κ1) is 6.54. The van der Waals surface area contributed by atoms with Crippen molar-refractivity contribution < 1.29 is 4.79 Å². The topological polar surface area (TPSA) is 82.0 Å². The molecule has 0 unspecified atom stereocenters. The first-order valence-corrected chi connectivity index (χ1v) is 2.71. The second-order valence-corrected chi connectivity index (χ2v) is 1.83. The van der Waals surface area contributed by atoms with Gasteiger partial charge in [0.05, 0.1) is 5.56 Å². The van der Waals surface area contributed by atoms with Gasteiger partial charge in [-0.25, -0.2) is 4.98 Å². The molecule has 1 heterocycles. The Balaban J connectivity index is 3.19. The minimum Gasteiger partial charge on any atom is -0.384 e. The molecule has 0 spiro atoms. The van der Waals surface area contributed by atoms with Gasteiger partial charge in [0, 0.05) is 0 Å². The maximum Gasteiger partial charge on any atom is 0.153 e. The maximum atomic E-state index is 10.2. The van der Waals surface area contributed by atoms with E-state index in [4.69, 9.17) is 11.5 Å². The fraction of sp³-hybridized carbons (Fsp3) is 0. The number of nitrogens with zero attached hydrogens (tertiary/aromatic N) is 1. The van der Waals surface area contributed by atoms with Crippen LogP contribution in [-0.2, 0) is 0 Å². The zero-order valence-corrected chi connectivity index (χ0v) is 5.24. The van der Waals surface area contributed by atoms with Gasteiger partial charge in [0.2, 0.25) is 0 Å². The average Bonchev–Trinajstić information content (AvgIpc) is 1.88. The van der Waals surface area contributed by atoms with Crippen LogP contribution in [0.1, 0.15) is 10.4 Å². The smallest absolute Gasteiger partial charge is 0.153 e. The number of anilines is 2. The predicted octanol–water partition coefficient (Wildman–Crippen LogP) is 0.0585. The maximum absolute atomic E-state index is 10.2. The summed E-state index contributed by atoms with van der Waals surface area (Å²) in [5.74, 6) is 0.498. The van der Waals surface area contributed by atoms with E-state index in [1.165, 1.54) is 12.1 Å². The Hall–Kier alpha value is -1.58. The van der Waals surface area contributed by atoms with Crippen LogP contribution in [0.3, 0.4) is 0 Å². The third-order valence-corrected chi connectivity index (χ3v) is 1.11. The Labute approximate surface area is 57.9 Å². The lowest BCUT2D eigenvalue weighted by atomic mass is 10.3. The van der Waals surface area contributed by atoms with Crippen molar-refractivity contribution in [2.24, 2.45) is 0 Å². The Kier molecular flexibility index (Phi) is 1.53. The van der Waals surface area contributed by atoms with Crippen molar-refractivity contribution in [3.05, 3.63) is 17.7 Å². The van der Waals surface area contributed by atoms with Crippen LogP contribution in [0, 0.1) is 0 Å². The molecule has 1 aromatic rings. The molecule has 4 N–H and O–H groups in total. The molecule has 0 aromatic carbocycles. The molecule has 0 radical (unpaired) electrons. The highest BCUT2D eigenvalue weighted by molar-refractivity contribution is 5.81. The molecule has 52 valence electrons. The highest BCUT2D eigenvalue weighted by atomic mass is 16.1. The molecule has 0 aliphatic rings. The summed E-state index contributed by atoms with van der Waals surface area (Å²) in [7, 11) is 0. The lowest BCUT2D eigenvalue weighted by Gasteiger charge is -1.96. The molecule has 10 heavy (non-hydrogen) atoms. The normalized spacial score (nSPS) is 9.20. The number of carbonyl (C=O) groups is 1. The van der Waals surface area contributed by atoms with Crippen molar-refractivity contribution in [2.75, 3.05) is 11.5 Å². The fourth-order valence-electron chi connectivity index (χ4n) is 0.601. The van der Waals surface area contributed by atoms with Crippen LogP contribution < -0.4 is 11.5 Å². The Morgan fingerprint density at radius 2 is 2.10 bits per heavy atom. The summed E-state index contributed by atoms with van der Waals surface area (Å²) in [5.41, 5.74) is 11.0. The Morgan fingerprint density at radius 1 is 1.40 bits per heavy atom. The van der Waals surface area contributed by atoms with Crippen molar-refractivity contribution in [1.82, 2.24) is 4.98 Å². The standard InChI is InChI=1S/C6H7N3O/c7-5-2-1-4(3-10)6(8)9-5/h1-3H,(H4,7,8,9). The molecule has 0 amide bonds. The van der Waals surface area contributed by atoms with Crippen molar-refractivity contribution >= 4 is 17.9 Å². The van der Waals surface area contributed by atoms with Gasteiger partial charge in [-0.3, -0.25) is 4.79 Å². The van der Waals surface area contributed by atoms with E-state index in [1.54, 1.807) is 0 Å². The van der Waals surface area contributed by atoms with Crippen molar-refractivity contribution in [3.8, 4) is 0 Å². The minimum atomic E-state index is 0.176. The van der Waals surface area contributed by atoms with E-state index >= 15 is 0 Å². The Morgan fingerprint density at radius 3 is 2.60 bits per heavy atom. The van der Waals surface area contributed by atoms with Gasteiger partial charge >= 0.3 is 0 Å². The number of pyridine rings is 1. The highest BCUT2D eigenvalue weighted by Gasteiger charge is 1.96. The van der Waals surface area contributed by atoms with Crippen LogP contribution in [0.2, 0.25) is 0 Å². The summed E-state index contributed by atoms with van der Waals surface area (Å²) >= 11 is 0. The third kappa shape index (κ3) is 1.05. The van der Waals surface area contributed by atoms with E-state index < -0.39 is 0 Å². The number of aromatic nitrogens is 1. The quantitative estimate of drug-likeness (QED) is 0.536. The lowest BCUT2D eigenvalue weighted by molar-refractivity contribution is 0.112. The van der Waals surface area contributed by atoms with Crippen molar-refractivity contribution in [1.29, 1.82) is 0 Å². The SMILES string of the molecule is Nc1ccc(C=O)c(N)n1. The van der Waals surface area contributed by atoms with Gasteiger partial charge in [0.15, 0.2) is 6.29 Å². The second-order valence-electron chi connectivity index (χ2n) is 1.83. The lowest BCUT2D eigenvalue weighted by Crippen LogP contribution is -1.99. The van der Waals surface area contributed by atoms with Crippen molar-refractivity contribution in [3.63, 3.8) is 0 Å². The summed E-state index contributed by atoms with van der Waals surface area (Å²) in [6.07, 6.45) is 0.641. The molecular weight excluding hydrogens is 130 g/mol. The molecule has 1 aromatic heterocycles. The number of aldehydes is 1. The molecule has 0 saturated carbocycles. The van der Waals surface area contributed by atoms with E-state index in [1.807, 2.05) is 0 Å². The molecule has 1 rings (SSSR count). The molecule has 4 heteroatoms. The van der Waals surface area contributed by atoms with E-state index in [9.17, 15) is 4.79 Å². The van der Waals surface area contributed by atoms with Gasteiger partial charge in [-0.05, 0) is 12.1 Å². The summed E-state index contributed by atoms with van der Waals surface area (Å²) in [6, 6.07) is 3.06. The summed E-state index contributed by atoms with van der Waals surface area (Å²) in [5, 5.41) is 0. The molecule has 4 nitrogen and oxygen atoms in total. The largest absolute Gasteiger partial charge is 0.384 e. The molecule has 0 aliphatic heterocycles. The van der Waals surface area contributed by atoms with Crippen molar-refractivity contribution in [2.45, 2.75) is 0 Å². The molecule has 0 bridgehead atoms. The van der Waals surface area contributed by atoms with E-state index in [-0.39, 0.29) is 5.82 Å². The number of nitrogens with two attached hydrogens (primary N) is 2. The first-order valence-electron chi connectivity index (χ1n) is 2.71. The minimum absolute atomic E-state index is 0.176. The van der Waals surface area contributed by atoms with Gasteiger partial charge in [-0.2, -0.15) is 0 Å². The average molecular weight is 137 g/mol. The third-order valence-electron chi connectivity index (χ3n) is 1.11. The van der Waals surface area contributed by atoms with Gasteiger partial charge in [-0.1, -0.05) is 0 Å². The van der Waals surface area contributed by atoms with Crippen LogP contribution in [0.15, 0.2) is 12.1 Å². The fourth-order valence-corrected chi connectivity index (χ4v) is 0.601.